The summed E-state index contributed by atoms with van der Waals surface area (Å²) in [6, 6.07) is 86.2. The van der Waals surface area contributed by atoms with Gasteiger partial charge in [0, 0.05) is 50.4 Å². The highest BCUT2D eigenvalue weighted by Gasteiger charge is 2.70. The molecule has 0 N–H and O–H groups in total. The third kappa shape index (κ3) is 7.59. The van der Waals surface area contributed by atoms with Gasteiger partial charge in [-0.25, -0.2) is 15.0 Å². The van der Waals surface area contributed by atoms with E-state index in [1.165, 1.54) is 0 Å². The molecule has 12 aromatic rings. The number of rotatable bonds is 9. The molecule has 0 saturated carbocycles. The number of para-hydroxylation sites is 6. The average molecular weight is 1040 g/mol. The quantitative estimate of drug-likeness (QED) is 0.127. The predicted molar refractivity (Wildman–Crippen MR) is 323 cm³/mol. The van der Waals surface area contributed by atoms with Crippen LogP contribution in [-0.4, -0.2) is 66.2 Å². The monoisotopic (exact) mass is 1040 g/mol. The molecule has 0 radical (unpaired) electrons. The van der Waals surface area contributed by atoms with Crippen molar-refractivity contribution >= 4 is 73.3 Å². The molecule has 0 atom stereocenters. The molecule has 0 aliphatic carbocycles. The number of fused-ring (bicyclic) bond motifs is 12. The normalized spacial score (nSPS) is 13.7. The Morgan fingerprint density at radius 3 is 0.556 bits per heavy atom. The van der Waals surface area contributed by atoms with Crippen molar-refractivity contribution in [1.82, 2.24) is 44.9 Å². The van der Waals surface area contributed by atoms with Crippen LogP contribution in [0.15, 0.2) is 255 Å². The summed E-state index contributed by atoms with van der Waals surface area (Å²) in [4.78, 5) is 55.2. The van der Waals surface area contributed by atoms with Crippen molar-refractivity contribution in [2.45, 2.75) is 0 Å². The van der Waals surface area contributed by atoms with Crippen LogP contribution in [0.3, 0.4) is 0 Å². The number of hydrogen-bond donors (Lipinski definition) is 0. The van der Waals surface area contributed by atoms with E-state index in [-0.39, 0.29) is 0 Å². The van der Waals surface area contributed by atoms with Crippen molar-refractivity contribution in [3.05, 3.63) is 255 Å². The molecular weight excluding hydrogens is 999 g/mol. The minimum absolute atomic E-state index is 0.462. The Morgan fingerprint density at radius 2 is 0.358 bits per heavy atom. The van der Waals surface area contributed by atoms with E-state index in [2.05, 4.69) is 101 Å². The Morgan fingerprint density at radius 1 is 0.185 bits per heavy atom. The van der Waals surface area contributed by atoms with E-state index in [1.54, 1.807) is 0 Å². The zero-order valence-corrected chi connectivity index (χ0v) is 43.2. The van der Waals surface area contributed by atoms with Gasteiger partial charge in [0.05, 0.1) is 17.1 Å². The summed E-state index contributed by atoms with van der Waals surface area (Å²) >= 11 is 0. The molecule has 1 saturated heterocycles. The first-order chi connectivity index (χ1) is 40.2. The van der Waals surface area contributed by atoms with Gasteiger partial charge in [0.25, 0.3) is 0 Å². The van der Waals surface area contributed by atoms with Crippen molar-refractivity contribution in [2.75, 3.05) is 28.6 Å². The lowest BCUT2D eigenvalue weighted by Gasteiger charge is -2.50. The molecule has 15 nitrogen and oxygen atoms in total. The van der Waals surface area contributed by atoms with Crippen molar-refractivity contribution < 1.29 is 0 Å². The summed E-state index contributed by atoms with van der Waals surface area (Å²) < 4.78 is 7.35. The first-order valence-corrected chi connectivity index (χ1v) is 26.8. The van der Waals surface area contributed by atoms with Crippen LogP contribution in [-0.2, 0) is 0 Å². The van der Waals surface area contributed by atoms with Gasteiger partial charge in [0.15, 0.2) is 34.9 Å². The number of benzene rings is 9. The average Bonchev–Trinajstić information content (AvgIpc) is 4.39. The summed E-state index contributed by atoms with van der Waals surface area (Å²) in [7, 11) is -2.00. The second-order valence-electron chi connectivity index (χ2n) is 19.9. The molecule has 4 aliphatic heterocycles. The van der Waals surface area contributed by atoms with E-state index in [4.69, 9.17) is 44.9 Å². The topological polar surface area (TPSA) is 135 Å². The van der Waals surface area contributed by atoms with Gasteiger partial charge in [-0.3, -0.25) is 0 Å². The van der Waals surface area contributed by atoms with Crippen LogP contribution < -0.4 is 28.6 Å². The third-order valence-electron chi connectivity index (χ3n) is 15.2. The summed E-state index contributed by atoms with van der Waals surface area (Å²) in [5.41, 5.74) is 10.7. The maximum Gasteiger partial charge on any atom is 0.492 e. The van der Waals surface area contributed by atoms with Crippen molar-refractivity contribution in [3.63, 3.8) is 0 Å². The fourth-order valence-electron chi connectivity index (χ4n) is 11.6. The van der Waals surface area contributed by atoms with E-state index < -0.39 is 21.4 Å². The number of anilines is 9. The predicted octanol–water partition coefficient (Wildman–Crippen LogP) is 12.5. The Hall–Kier alpha value is -11.0. The molecule has 9 aromatic carbocycles. The van der Waals surface area contributed by atoms with Crippen LogP contribution in [0.25, 0.3) is 68.3 Å². The molecule has 0 bridgehead atoms. The first-order valence-electron chi connectivity index (χ1n) is 26.8. The lowest BCUT2D eigenvalue weighted by molar-refractivity contribution is 1.03. The Labute approximate surface area is 467 Å². The second kappa shape index (κ2) is 18.9. The number of hydrogen-bond acceptors (Lipinski definition) is 15. The van der Waals surface area contributed by atoms with Gasteiger partial charge in [-0.15, -0.1) is 0 Å². The molecule has 81 heavy (non-hydrogen) atoms. The van der Waals surface area contributed by atoms with Gasteiger partial charge >= 0.3 is 21.4 Å². The molecule has 16 rings (SSSR count). The summed E-state index contributed by atoms with van der Waals surface area (Å²) in [6.45, 7) is 0. The van der Waals surface area contributed by atoms with E-state index in [9.17, 15) is 0 Å². The van der Waals surface area contributed by atoms with Gasteiger partial charge in [0.2, 0.25) is 17.8 Å². The standard InChI is InChI=1S/C63H42B3N15/c1-7-25-43(26-8-1)55-67-56(44-27-9-2-10-28-44)71-61(70-55)76-49-37-19-22-40-52(49)79-64(76)80-53-41-23-20-38-50(53)77(62-72-57(45-29-11-3-12-30-45)68-58(73-62)46-31-13-4-14-32-46)66(80)81-54-42-24-21-39-51(54)78(65(79)81)63-74-59(47-33-15-5-16-34-47)69-60(75-63)48-35-17-6-18-36-48/h1-42H. The summed E-state index contributed by atoms with van der Waals surface area (Å²) in [5.74, 6) is 4.65. The van der Waals surface area contributed by atoms with Gasteiger partial charge < -0.3 is 28.6 Å². The van der Waals surface area contributed by atoms with E-state index in [0.717, 1.165) is 67.5 Å². The van der Waals surface area contributed by atoms with Crippen LogP contribution in [0.1, 0.15) is 0 Å². The van der Waals surface area contributed by atoms with Crippen LogP contribution in [0.4, 0.5) is 52.0 Å². The van der Waals surface area contributed by atoms with E-state index in [1.807, 2.05) is 182 Å². The van der Waals surface area contributed by atoms with Gasteiger partial charge in [-0.1, -0.05) is 218 Å². The third-order valence-corrected chi connectivity index (χ3v) is 15.2. The molecule has 378 valence electrons. The highest BCUT2D eigenvalue weighted by Crippen LogP contribution is 2.57. The van der Waals surface area contributed by atoms with Crippen molar-refractivity contribution in [2.24, 2.45) is 0 Å². The fraction of sp³-hybridized carbons (Fsp3) is 0. The highest BCUT2D eigenvalue weighted by molar-refractivity contribution is 7.11. The molecule has 4 aliphatic rings. The molecule has 3 aromatic heterocycles. The van der Waals surface area contributed by atoms with Gasteiger partial charge in [0.1, 0.15) is 0 Å². The van der Waals surface area contributed by atoms with Crippen molar-refractivity contribution in [3.8, 4) is 68.3 Å². The molecule has 7 heterocycles. The Balaban J connectivity index is 0.985. The molecule has 0 unspecified atom stereocenters. The van der Waals surface area contributed by atoms with Crippen LogP contribution in [0.2, 0.25) is 0 Å². The summed E-state index contributed by atoms with van der Waals surface area (Å²) in [5, 5.41) is 0. The smallest absolute Gasteiger partial charge is 0.382 e. The van der Waals surface area contributed by atoms with Crippen LogP contribution in [0, 0.1) is 0 Å². The molecule has 0 spiro atoms. The Kier molecular flexibility index (Phi) is 10.8. The molecule has 1 fully saturated rings. The summed E-state index contributed by atoms with van der Waals surface area (Å²) in [6.07, 6.45) is 0. The lowest BCUT2D eigenvalue weighted by atomic mass is 9.56. The largest absolute Gasteiger partial charge is 0.492 e. The van der Waals surface area contributed by atoms with Gasteiger partial charge in [-0.05, 0) is 36.4 Å². The van der Waals surface area contributed by atoms with Crippen molar-refractivity contribution in [1.29, 1.82) is 0 Å². The molecule has 18 heteroatoms. The lowest BCUT2D eigenvalue weighted by Crippen LogP contribution is -2.84. The Bertz CT molecular complexity index is 3710. The first kappa shape index (κ1) is 46.1. The zero-order valence-electron chi connectivity index (χ0n) is 43.2. The zero-order chi connectivity index (χ0) is 53.4. The van der Waals surface area contributed by atoms with Crippen LogP contribution in [0.5, 0.6) is 0 Å². The van der Waals surface area contributed by atoms with E-state index in [0.29, 0.717) is 52.8 Å². The maximum atomic E-state index is 5.47. The molecule has 0 amide bonds. The minimum Gasteiger partial charge on any atom is -0.382 e. The number of aromatic nitrogens is 9. The number of nitrogens with zero attached hydrogens (tertiary/aromatic N) is 15. The van der Waals surface area contributed by atoms with E-state index >= 15 is 0 Å². The van der Waals surface area contributed by atoms with Crippen LogP contribution >= 0.6 is 0 Å². The highest BCUT2D eigenvalue weighted by atomic mass is 15.6. The minimum atomic E-state index is -0.667. The maximum absolute atomic E-state index is 5.47. The fourth-order valence-corrected chi connectivity index (χ4v) is 11.6. The molecular formula is C63H42B3N15. The second-order valence-corrected chi connectivity index (χ2v) is 19.9. The van der Waals surface area contributed by atoms with Gasteiger partial charge in [-0.2, -0.15) is 29.9 Å². The SMILES string of the molecule is c1ccc(-c2nc(-c3ccccc3)nc(N3B4N(B5N(B6N4c4ccccc4N6c4nc(-c6ccccc6)nc(-c6ccccc6)n4)c4ccccc4N5c4nc(-c5ccccc5)nc(-c5ccccc5)n4)c4ccccc43)n2)cc1.